The van der Waals surface area contributed by atoms with Gasteiger partial charge >= 0.3 is 0 Å². The lowest BCUT2D eigenvalue weighted by atomic mass is 9.77. The maximum atomic E-state index is 12.2. The van der Waals surface area contributed by atoms with Crippen molar-refractivity contribution in [3.05, 3.63) is 34.3 Å². The minimum atomic E-state index is -0.404. The second kappa shape index (κ2) is 6.72. The quantitative estimate of drug-likeness (QED) is 0.885. The van der Waals surface area contributed by atoms with Crippen LogP contribution in [0.25, 0.3) is 0 Å². The number of carbonyl (C=O) groups is 1. The Hall–Kier alpha value is -0.870. The van der Waals surface area contributed by atoms with Gasteiger partial charge in [-0.2, -0.15) is 0 Å². The van der Waals surface area contributed by atoms with Crippen LogP contribution < -0.4 is 5.32 Å². The fourth-order valence-corrected chi connectivity index (χ4v) is 3.03. The Morgan fingerprint density at radius 2 is 1.95 bits per heavy atom. The SMILES string of the molecule is CC1CCC(CO)(NC(=O)Cc2ccc(Br)cc2)CC1. The molecular formula is C16H22BrNO2. The van der Waals surface area contributed by atoms with Crippen molar-refractivity contribution in [2.45, 2.75) is 44.6 Å². The molecule has 2 rings (SSSR count). The number of hydrogen-bond acceptors (Lipinski definition) is 2. The largest absolute Gasteiger partial charge is 0.394 e. The lowest BCUT2D eigenvalue weighted by Crippen LogP contribution is -2.53. The van der Waals surface area contributed by atoms with Gasteiger partial charge in [0.15, 0.2) is 0 Å². The van der Waals surface area contributed by atoms with Gasteiger partial charge in [0, 0.05) is 4.47 Å². The number of nitrogens with one attached hydrogen (secondary N) is 1. The molecule has 1 aromatic carbocycles. The van der Waals surface area contributed by atoms with Gasteiger partial charge in [0.25, 0.3) is 0 Å². The van der Waals surface area contributed by atoms with E-state index in [4.69, 9.17) is 0 Å². The summed E-state index contributed by atoms with van der Waals surface area (Å²) < 4.78 is 1.01. The zero-order valence-corrected chi connectivity index (χ0v) is 13.4. The molecule has 2 N–H and O–H groups in total. The van der Waals surface area contributed by atoms with E-state index in [1.54, 1.807) is 0 Å². The molecule has 0 unspecified atom stereocenters. The Labute approximate surface area is 128 Å². The van der Waals surface area contributed by atoms with Crippen molar-refractivity contribution in [3.8, 4) is 0 Å². The molecular weight excluding hydrogens is 318 g/mol. The Morgan fingerprint density at radius 1 is 1.35 bits per heavy atom. The molecule has 1 fully saturated rings. The summed E-state index contributed by atoms with van der Waals surface area (Å²) in [5.74, 6) is 0.689. The highest BCUT2D eigenvalue weighted by atomic mass is 79.9. The van der Waals surface area contributed by atoms with E-state index in [0.29, 0.717) is 12.3 Å². The standard InChI is InChI=1S/C16H22BrNO2/c1-12-6-8-16(11-19,9-7-12)18-15(20)10-13-2-4-14(17)5-3-13/h2-5,12,19H,6-11H2,1H3,(H,18,20). The summed E-state index contributed by atoms with van der Waals surface area (Å²) in [6.07, 6.45) is 4.25. The minimum Gasteiger partial charge on any atom is -0.394 e. The summed E-state index contributed by atoms with van der Waals surface area (Å²) in [6, 6.07) is 7.76. The lowest BCUT2D eigenvalue weighted by molar-refractivity contribution is -0.123. The van der Waals surface area contributed by atoms with E-state index in [2.05, 4.69) is 28.2 Å². The van der Waals surface area contributed by atoms with E-state index in [1.165, 1.54) is 0 Å². The van der Waals surface area contributed by atoms with E-state index in [9.17, 15) is 9.90 Å². The molecule has 0 saturated heterocycles. The van der Waals surface area contributed by atoms with Gasteiger partial charge in [-0.25, -0.2) is 0 Å². The monoisotopic (exact) mass is 339 g/mol. The fourth-order valence-electron chi connectivity index (χ4n) is 2.76. The van der Waals surface area contributed by atoms with Gasteiger partial charge in [-0.15, -0.1) is 0 Å². The highest BCUT2D eigenvalue weighted by Gasteiger charge is 2.34. The molecule has 1 aliphatic rings. The molecule has 1 aromatic rings. The summed E-state index contributed by atoms with van der Waals surface area (Å²) in [4.78, 5) is 12.2. The number of halogens is 1. The van der Waals surface area contributed by atoms with Gasteiger partial charge in [0.2, 0.25) is 5.91 Å². The van der Waals surface area contributed by atoms with Gasteiger partial charge < -0.3 is 10.4 Å². The molecule has 1 amide bonds. The third-order valence-electron chi connectivity index (χ3n) is 4.22. The van der Waals surface area contributed by atoms with Gasteiger partial charge in [-0.3, -0.25) is 4.79 Å². The summed E-state index contributed by atoms with van der Waals surface area (Å²) >= 11 is 3.38. The van der Waals surface area contributed by atoms with Crippen LogP contribution in [0, 0.1) is 5.92 Å². The molecule has 20 heavy (non-hydrogen) atoms. The van der Waals surface area contributed by atoms with Gasteiger partial charge in [-0.1, -0.05) is 35.0 Å². The maximum absolute atomic E-state index is 12.2. The summed E-state index contributed by atoms with van der Waals surface area (Å²) in [5, 5.41) is 12.7. The molecule has 1 aliphatic carbocycles. The highest BCUT2D eigenvalue weighted by Crippen LogP contribution is 2.31. The number of hydrogen-bond donors (Lipinski definition) is 2. The number of benzene rings is 1. The number of carbonyl (C=O) groups excluding carboxylic acids is 1. The molecule has 0 spiro atoms. The molecule has 3 nitrogen and oxygen atoms in total. The second-order valence-electron chi connectivity index (χ2n) is 5.97. The number of aliphatic hydroxyl groups is 1. The van der Waals surface area contributed by atoms with Crippen LogP contribution in [0.4, 0.5) is 0 Å². The summed E-state index contributed by atoms with van der Waals surface area (Å²) in [6.45, 7) is 2.26. The fraction of sp³-hybridized carbons (Fsp3) is 0.562. The third kappa shape index (κ3) is 4.06. The van der Waals surface area contributed by atoms with Crippen molar-refractivity contribution in [1.29, 1.82) is 0 Å². The second-order valence-corrected chi connectivity index (χ2v) is 6.89. The predicted molar refractivity (Wildman–Crippen MR) is 83.4 cm³/mol. The smallest absolute Gasteiger partial charge is 0.224 e. The summed E-state index contributed by atoms with van der Waals surface area (Å²) in [5.41, 5.74) is 0.585. The van der Waals surface area contributed by atoms with Crippen molar-refractivity contribution in [2.24, 2.45) is 5.92 Å². The van der Waals surface area contributed by atoms with Crippen LogP contribution in [0.3, 0.4) is 0 Å². The van der Waals surface area contributed by atoms with Gasteiger partial charge in [0.1, 0.15) is 0 Å². The third-order valence-corrected chi connectivity index (χ3v) is 4.75. The van der Waals surface area contributed by atoms with E-state index < -0.39 is 5.54 Å². The van der Waals surface area contributed by atoms with Crippen molar-refractivity contribution >= 4 is 21.8 Å². The molecule has 110 valence electrons. The Kier molecular flexibility index (Phi) is 5.22. The molecule has 0 atom stereocenters. The van der Waals surface area contributed by atoms with Crippen LogP contribution in [0.1, 0.15) is 38.2 Å². The van der Waals surface area contributed by atoms with Crippen molar-refractivity contribution in [1.82, 2.24) is 5.32 Å². The Balaban J connectivity index is 1.94. The average molecular weight is 340 g/mol. The zero-order chi connectivity index (χ0) is 14.6. The van der Waals surface area contributed by atoms with Crippen LogP contribution in [0.2, 0.25) is 0 Å². The van der Waals surface area contributed by atoms with Crippen LogP contribution in [-0.2, 0) is 11.2 Å². The molecule has 0 heterocycles. The first kappa shape index (κ1) is 15.5. The van der Waals surface area contributed by atoms with Crippen LogP contribution in [0.15, 0.2) is 28.7 Å². The first-order valence-electron chi connectivity index (χ1n) is 7.19. The highest BCUT2D eigenvalue weighted by molar-refractivity contribution is 9.10. The minimum absolute atomic E-state index is 0.00377. The van der Waals surface area contributed by atoms with E-state index in [-0.39, 0.29) is 12.5 Å². The van der Waals surface area contributed by atoms with Crippen LogP contribution in [0.5, 0.6) is 0 Å². The Morgan fingerprint density at radius 3 is 2.50 bits per heavy atom. The number of rotatable bonds is 4. The van der Waals surface area contributed by atoms with Crippen LogP contribution >= 0.6 is 15.9 Å². The van der Waals surface area contributed by atoms with Crippen molar-refractivity contribution < 1.29 is 9.90 Å². The molecule has 0 radical (unpaired) electrons. The number of aliphatic hydroxyl groups excluding tert-OH is 1. The molecule has 4 heteroatoms. The first-order valence-corrected chi connectivity index (χ1v) is 7.99. The first-order chi connectivity index (χ1) is 9.53. The van der Waals surface area contributed by atoms with Gasteiger partial charge in [0.05, 0.1) is 18.6 Å². The van der Waals surface area contributed by atoms with E-state index in [1.807, 2.05) is 24.3 Å². The normalized spacial score (nSPS) is 26.2. The molecule has 1 saturated carbocycles. The van der Waals surface area contributed by atoms with Gasteiger partial charge in [-0.05, 0) is 49.3 Å². The average Bonchev–Trinajstić information content (AvgIpc) is 2.44. The van der Waals surface area contributed by atoms with Crippen molar-refractivity contribution in [3.63, 3.8) is 0 Å². The maximum Gasteiger partial charge on any atom is 0.224 e. The Bertz CT molecular complexity index is 450. The lowest BCUT2D eigenvalue weighted by Gasteiger charge is -2.38. The van der Waals surface area contributed by atoms with E-state index >= 15 is 0 Å². The number of amides is 1. The van der Waals surface area contributed by atoms with Crippen LogP contribution in [-0.4, -0.2) is 23.2 Å². The zero-order valence-electron chi connectivity index (χ0n) is 11.9. The van der Waals surface area contributed by atoms with E-state index in [0.717, 1.165) is 35.7 Å². The molecule has 0 aliphatic heterocycles. The summed E-state index contributed by atoms with van der Waals surface area (Å²) in [7, 11) is 0. The van der Waals surface area contributed by atoms with Crippen molar-refractivity contribution in [2.75, 3.05) is 6.61 Å². The topological polar surface area (TPSA) is 49.3 Å². The molecule has 0 bridgehead atoms. The molecule has 0 aromatic heterocycles. The predicted octanol–water partition coefficient (Wildman–Crippen LogP) is 3.05.